The first-order valence-corrected chi connectivity index (χ1v) is 10.0. The van der Waals surface area contributed by atoms with Crippen molar-refractivity contribution in [3.63, 3.8) is 0 Å². The van der Waals surface area contributed by atoms with E-state index in [1.807, 2.05) is 6.92 Å². The lowest BCUT2D eigenvalue weighted by atomic mass is 9.90. The Labute approximate surface area is 183 Å². The topological polar surface area (TPSA) is 125 Å². The predicted molar refractivity (Wildman–Crippen MR) is 116 cm³/mol. The van der Waals surface area contributed by atoms with E-state index in [0.29, 0.717) is 48.0 Å². The van der Waals surface area contributed by atoms with E-state index in [2.05, 4.69) is 15.3 Å². The molecule has 2 aromatic heterocycles. The molecule has 0 saturated heterocycles. The molecule has 0 spiro atoms. The molecule has 0 aliphatic carbocycles. The molecule has 1 unspecified atom stereocenters. The number of aromatic nitrogens is 4. The van der Waals surface area contributed by atoms with Gasteiger partial charge in [-0.3, -0.25) is 14.2 Å². The zero-order chi connectivity index (χ0) is 22.2. The summed E-state index contributed by atoms with van der Waals surface area (Å²) in [7, 11) is 1.45. The van der Waals surface area contributed by atoms with E-state index < -0.39 is 11.4 Å². The van der Waals surface area contributed by atoms with E-state index in [9.17, 15) is 9.59 Å². The van der Waals surface area contributed by atoms with Crippen molar-refractivity contribution in [3.8, 4) is 17.1 Å². The molecule has 0 saturated carbocycles. The van der Waals surface area contributed by atoms with Gasteiger partial charge in [0.15, 0.2) is 0 Å². The SMILES string of the molecule is COc1cc(N)c(Cl)cc1C(=O)NC1(C)CCCn2c1nc(-c1ccncn1)cc2=O. The van der Waals surface area contributed by atoms with Gasteiger partial charge in [-0.1, -0.05) is 11.6 Å². The molecule has 1 atom stereocenters. The first-order chi connectivity index (χ1) is 14.8. The van der Waals surface area contributed by atoms with Crippen LogP contribution in [-0.2, 0) is 12.1 Å². The molecular formula is C21H21ClN6O3. The summed E-state index contributed by atoms with van der Waals surface area (Å²) in [5.41, 5.74) is 6.24. The number of hydrogen-bond donors (Lipinski definition) is 2. The van der Waals surface area contributed by atoms with E-state index in [0.717, 1.165) is 0 Å². The van der Waals surface area contributed by atoms with Gasteiger partial charge in [-0.2, -0.15) is 0 Å². The maximum absolute atomic E-state index is 13.2. The van der Waals surface area contributed by atoms with Gasteiger partial charge in [0.25, 0.3) is 11.5 Å². The Balaban J connectivity index is 1.76. The number of hydrogen-bond acceptors (Lipinski definition) is 7. The fraction of sp³-hybridized carbons (Fsp3) is 0.286. The first-order valence-electron chi connectivity index (χ1n) is 9.66. The number of benzene rings is 1. The van der Waals surface area contributed by atoms with Gasteiger partial charge in [0.1, 0.15) is 17.9 Å². The number of methoxy groups -OCH3 is 1. The van der Waals surface area contributed by atoms with Gasteiger partial charge in [0.2, 0.25) is 0 Å². The molecule has 31 heavy (non-hydrogen) atoms. The second kappa shape index (κ2) is 7.99. The number of nitrogens with one attached hydrogen (secondary N) is 1. The van der Waals surface area contributed by atoms with Crippen LogP contribution in [0.15, 0.2) is 41.6 Å². The van der Waals surface area contributed by atoms with E-state index in [1.54, 1.807) is 16.8 Å². The molecule has 10 heteroatoms. The van der Waals surface area contributed by atoms with Crippen LogP contribution in [0.4, 0.5) is 5.69 Å². The molecule has 9 nitrogen and oxygen atoms in total. The van der Waals surface area contributed by atoms with Crippen molar-refractivity contribution in [3.05, 3.63) is 63.6 Å². The number of anilines is 1. The minimum absolute atomic E-state index is 0.202. The molecule has 1 aromatic carbocycles. The van der Waals surface area contributed by atoms with E-state index in [4.69, 9.17) is 27.1 Å². The molecule has 0 radical (unpaired) electrons. The fourth-order valence-electron chi connectivity index (χ4n) is 3.77. The zero-order valence-electron chi connectivity index (χ0n) is 17.1. The fourth-order valence-corrected chi connectivity index (χ4v) is 3.93. The molecular weight excluding hydrogens is 420 g/mol. The van der Waals surface area contributed by atoms with Gasteiger partial charge in [0, 0.05) is 24.9 Å². The Morgan fingerprint density at radius 3 is 2.84 bits per heavy atom. The molecule has 1 amide bonds. The van der Waals surface area contributed by atoms with Gasteiger partial charge in [-0.15, -0.1) is 0 Å². The number of fused-ring (bicyclic) bond motifs is 1. The van der Waals surface area contributed by atoms with Crippen molar-refractivity contribution >= 4 is 23.2 Å². The Morgan fingerprint density at radius 2 is 2.13 bits per heavy atom. The highest BCUT2D eigenvalue weighted by molar-refractivity contribution is 6.33. The van der Waals surface area contributed by atoms with Gasteiger partial charge < -0.3 is 15.8 Å². The third-order valence-electron chi connectivity index (χ3n) is 5.36. The third-order valence-corrected chi connectivity index (χ3v) is 5.68. The van der Waals surface area contributed by atoms with Crippen LogP contribution in [0.5, 0.6) is 5.75 Å². The summed E-state index contributed by atoms with van der Waals surface area (Å²) < 4.78 is 6.89. The van der Waals surface area contributed by atoms with Crippen LogP contribution in [0.1, 0.15) is 35.9 Å². The lowest BCUT2D eigenvalue weighted by Crippen LogP contribution is -2.50. The summed E-state index contributed by atoms with van der Waals surface area (Å²) in [5.74, 6) is 0.365. The number of amides is 1. The highest BCUT2D eigenvalue weighted by atomic mass is 35.5. The normalized spacial score (nSPS) is 17.6. The maximum Gasteiger partial charge on any atom is 0.255 e. The molecule has 0 fully saturated rings. The van der Waals surface area contributed by atoms with Crippen molar-refractivity contribution in [2.24, 2.45) is 0 Å². The van der Waals surface area contributed by atoms with Gasteiger partial charge in [0.05, 0.1) is 40.3 Å². The van der Waals surface area contributed by atoms with Crippen molar-refractivity contribution < 1.29 is 9.53 Å². The second-order valence-corrected chi connectivity index (χ2v) is 7.92. The summed E-state index contributed by atoms with van der Waals surface area (Å²) in [6.07, 6.45) is 4.28. The summed E-state index contributed by atoms with van der Waals surface area (Å²) >= 11 is 6.12. The molecule has 1 aliphatic heterocycles. The summed E-state index contributed by atoms with van der Waals surface area (Å²) in [5, 5.41) is 3.27. The van der Waals surface area contributed by atoms with Crippen molar-refractivity contribution in [1.29, 1.82) is 0 Å². The maximum atomic E-state index is 13.2. The third kappa shape index (κ3) is 3.84. The molecule has 0 bridgehead atoms. The molecule has 3 aromatic rings. The number of nitrogen functional groups attached to an aromatic ring is 1. The van der Waals surface area contributed by atoms with Crippen LogP contribution < -0.4 is 21.3 Å². The molecule has 3 heterocycles. The van der Waals surface area contributed by atoms with Crippen molar-refractivity contribution in [1.82, 2.24) is 24.8 Å². The predicted octanol–water partition coefficient (Wildman–Crippen LogP) is 2.38. The van der Waals surface area contributed by atoms with Crippen molar-refractivity contribution in [2.75, 3.05) is 12.8 Å². The lowest BCUT2D eigenvalue weighted by molar-refractivity contribution is 0.0877. The van der Waals surface area contributed by atoms with Crippen LogP contribution in [-0.4, -0.2) is 32.5 Å². The molecule has 160 valence electrons. The van der Waals surface area contributed by atoms with Crippen LogP contribution in [0.2, 0.25) is 5.02 Å². The van der Waals surface area contributed by atoms with Gasteiger partial charge in [-0.25, -0.2) is 15.0 Å². The Bertz CT molecular complexity index is 1210. The Morgan fingerprint density at radius 1 is 1.32 bits per heavy atom. The van der Waals surface area contributed by atoms with E-state index in [-0.39, 0.29) is 16.1 Å². The lowest BCUT2D eigenvalue weighted by Gasteiger charge is -2.36. The second-order valence-electron chi connectivity index (χ2n) is 7.51. The minimum Gasteiger partial charge on any atom is -0.496 e. The highest BCUT2D eigenvalue weighted by Gasteiger charge is 2.37. The number of nitrogens with two attached hydrogens (primary N) is 1. The summed E-state index contributed by atoms with van der Waals surface area (Å²) in [4.78, 5) is 38.8. The number of carbonyl (C=O) groups is 1. The number of rotatable bonds is 4. The van der Waals surface area contributed by atoms with Crippen LogP contribution in [0.3, 0.4) is 0 Å². The van der Waals surface area contributed by atoms with Crippen LogP contribution in [0.25, 0.3) is 11.4 Å². The number of ether oxygens (including phenoxy) is 1. The largest absolute Gasteiger partial charge is 0.496 e. The average Bonchev–Trinajstić information content (AvgIpc) is 2.76. The summed E-state index contributed by atoms with van der Waals surface area (Å²) in [6.45, 7) is 2.37. The van der Waals surface area contributed by atoms with Crippen LogP contribution in [0, 0.1) is 0 Å². The quantitative estimate of drug-likeness (QED) is 0.596. The number of halogens is 1. The monoisotopic (exact) mass is 440 g/mol. The van der Waals surface area contributed by atoms with Gasteiger partial charge >= 0.3 is 0 Å². The number of carbonyl (C=O) groups excluding carboxylic acids is 1. The van der Waals surface area contributed by atoms with Crippen LogP contribution >= 0.6 is 11.6 Å². The molecule has 1 aliphatic rings. The Kier molecular flexibility index (Phi) is 5.36. The molecule has 4 rings (SSSR count). The van der Waals surface area contributed by atoms with E-state index >= 15 is 0 Å². The van der Waals surface area contributed by atoms with Gasteiger partial charge in [-0.05, 0) is 31.9 Å². The average molecular weight is 441 g/mol. The smallest absolute Gasteiger partial charge is 0.255 e. The summed E-state index contributed by atoms with van der Waals surface area (Å²) in [6, 6.07) is 6.10. The molecule has 3 N–H and O–H groups in total. The zero-order valence-corrected chi connectivity index (χ0v) is 17.8. The number of nitrogens with zero attached hydrogens (tertiary/aromatic N) is 4. The van der Waals surface area contributed by atoms with Crippen molar-refractivity contribution in [2.45, 2.75) is 31.8 Å². The first kappa shape index (κ1) is 20.8. The highest BCUT2D eigenvalue weighted by Crippen LogP contribution is 2.33. The standard InChI is InChI=1S/C21H21ClN6O3/c1-21(27-19(30)12-8-13(22)14(23)9-17(12)31-2)5-3-7-28-18(29)10-16(26-20(21)28)15-4-6-24-11-25-15/h4,6,8-11H,3,5,7,23H2,1-2H3,(H,27,30). The minimum atomic E-state index is -0.892. The van der Waals surface area contributed by atoms with E-state index in [1.165, 1.54) is 31.6 Å². The Hall–Kier alpha value is -3.46.